The van der Waals surface area contributed by atoms with E-state index in [0.717, 1.165) is 6.07 Å². The maximum Gasteiger partial charge on any atom is 0.325 e. The van der Waals surface area contributed by atoms with Crippen LogP contribution in [0.25, 0.3) is 0 Å². The lowest BCUT2D eigenvalue weighted by Crippen LogP contribution is -2.42. The summed E-state index contributed by atoms with van der Waals surface area (Å²) in [6.45, 7) is -0.192. The van der Waals surface area contributed by atoms with Crippen molar-refractivity contribution < 1.29 is 33.0 Å². The molecule has 1 aliphatic rings. The number of rotatable bonds is 6. The molecule has 0 aromatic heterocycles. The normalized spacial score (nSPS) is 14.4. The van der Waals surface area contributed by atoms with Crippen LogP contribution in [0.15, 0.2) is 24.3 Å². The molecule has 8 nitrogen and oxygen atoms in total. The van der Waals surface area contributed by atoms with Crippen molar-refractivity contribution in [3.8, 4) is 0 Å². The Morgan fingerprint density at radius 2 is 1.85 bits per heavy atom. The molecular formula is C18H21FN2O6. The van der Waals surface area contributed by atoms with Gasteiger partial charge in [0.2, 0.25) is 0 Å². The number of hydrogen-bond acceptors (Lipinski definition) is 6. The highest BCUT2D eigenvalue weighted by atomic mass is 19.1. The van der Waals surface area contributed by atoms with Gasteiger partial charge in [-0.2, -0.15) is 0 Å². The fourth-order valence-electron chi connectivity index (χ4n) is 2.71. The largest absolute Gasteiger partial charge is 0.469 e. The van der Waals surface area contributed by atoms with Crippen LogP contribution in [0.4, 0.5) is 4.39 Å². The summed E-state index contributed by atoms with van der Waals surface area (Å²) in [5.41, 5.74) is -0.185. The number of ether oxygens (including phenoxy) is 2. The third kappa shape index (κ3) is 5.77. The van der Waals surface area contributed by atoms with Crippen molar-refractivity contribution in [1.82, 2.24) is 10.2 Å². The number of esters is 2. The van der Waals surface area contributed by atoms with E-state index in [1.54, 1.807) is 0 Å². The molecule has 146 valence electrons. The Morgan fingerprint density at radius 1 is 1.19 bits per heavy atom. The first-order valence-electron chi connectivity index (χ1n) is 8.46. The number of likely N-dealkylation sites (tertiary alicyclic amines) is 1. The quantitative estimate of drug-likeness (QED) is 0.722. The molecule has 0 atom stereocenters. The van der Waals surface area contributed by atoms with Crippen molar-refractivity contribution in [3.05, 3.63) is 35.6 Å². The van der Waals surface area contributed by atoms with E-state index in [2.05, 4.69) is 10.1 Å². The molecule has 0 spiro atoms. The molecule has 2 amide bonds. The zero-order valence-electron chi connectivity index (χ0n) is 14.9. The lowest BCUT2D eigenvalue weighted by molar-refractivity contribution is -0.153. The molecule has 1 saturated heterocycles. The van der Waals surface area contributed by atoms with Gasteiger partial charge in [-0.15, -0.1) is 0 Å². The van der Waals surface area contributed by atoms with Gasteiger partial charge >= 0.3 is 11.9 Å². The van der Waals surface area contributed by atoms with Crippen LogP contribution in [-0.4, -0.2) is 62.0 Å². The fraction of sp³-hybridized carbons (Fsp3) is 0.444. The smallest absolute Gasteiger partial charge is 0.325 e. The minimum absolute atomic E-state index is 0.185. The molecule has 9 heteroatoms. The van der Waals surface area contributed by atoms with Gasteiger partial charge in [-0.05, 0) is 25.0 Å². The van der Waals surface area contributed by atoms with Crippen LogP contribution in [0.5, 0.6) is 0 Å². The number of nitrogens with zero attached hydrogens (tertiary/aromatic N) is 1. The van der Waals surface area contributed by atoms with Crippen LogP contribution < -0.4 is 5.32 Å². The molecule has 0 aliphatic carbocycles. The van der Waals surface area contributed by atoms with E-state index < -0.39 is 30.8 Å². The molecular weight excluding hydrogens is 359 g/mol. The van der Waals surface area contributed by atoms with Crippen molar-refractivity contribution in [2.45, 2.75) is 12.8 Å². The maximum atomic E-state index is 13.5. The Bertz CT molecular complexity index is 716. The van der Waals surface area contributed by atoms with Gasteiger partial charge in [0, 0.05) is 13.1 Å². The summed E-state index contributed by atoms with van der Waals surface area (Å²) < 4.78 is 23.0. The van der Waals surface area contributed by atoms with Crippen molar-refractivity contribution in [1.29, 1.82) is 0 Å². The molecule has 0 bridgehead atoms. The highest BCUT2D eigenvalue weighted by Gasteiger charge is 2.28. The summed E-state index contributed by atoms with van der Waals surface area (Å²) in [4.78, 5) is 48.5. The number of carbonyl (C=O) groups is 4. The van der Waals surface area contributed by atoms with Gasteiger partial charge in [-0.25, -0.2) is 4.39 Å². The molecule has 2 rings (SSSR count). The summed E-state index contributed by atoms with van der Waals surface area (Å²) >= 11 is 0. The molecule has 0 unspecified atom stereocenters. The number of piperidine rings is 1. The second-order valence-corrected chi connectivity index (χ2v) is 6.00. The predicted molar refractivity (Wildman–Crippen MR) is 91.0 cm³/mol. The minimum atomic E-state index is -0.808. The predicted octanol–water partition coefficient (Wildman–Crippen LogP) is 0.510. The molecule has 1 heterocycles. The van der Waals surface area contributed by atoms with Crippen molar-refractivity contribution >= 4 is 23.8 Å². The van der Waals surface area contributed by atoms with Gasteiger partial charge in [-0.3, -0.25) is 19.2 Å². The number of amides is 2. The molecule has 0 radical (unpaired) electrons. The lowest BCUT2D eigenvalue weighted by atomic mass is 9.97. The van der Waals surface area contributed by atoms with Crippen LogP contribution in [0, 0.1) is 11.7 Å². The third-order valence-electron chi connectivity index (χ3n) is 4.25. The second-order valence-electron chi connectivity index (χ2n) is 6.00. The average Bonchev–Trinajstić information content (AvgIpc) is 2.70. The Balaban J connectivity index is 1.70. The van der Waals surface area contributed by atoms with E-state index >= 15 is 0 Å². The van der Waals surface area contributed by atoms with Crippen molar-refractivity contribution in [3.63, 3.8) is 0 Å². The van der Waals surface area contributed by atoms with E-state index in [4.69, 9.17) is 4.74 Å². The Morgan fingerprint density at radius 3 is 2.48 bits per heavy atom. The zero-order chi connectivity index (χ0) is 19.8. The number of carbonyl (C=O) groups excluding carboxylic acids is 4. The monoisotopic (exact) mass is 380 g/mol. The third-order valence-corrected chi connectivity index (χ3v) is 4.25. The van der Waals surface area contributed by atoms with Gasteiger partial charge in [0.1, 0.15) is 12.4 Å². The molecule has 1 aliphatic heterocycles. The highest BCUT2D eigenvalue weighted by molar-refractivity contribution is 5.96. The molecule has 1 N–H and O–H groups in total. The van der Waals surface area contributed by atoms with Crippen molar-refractivity contribution in [2.75, 3.05) is 33.4 Å². The van der Waals surface area contributed by atoms with Crippen LogP contribution in [0.2, 0.25) is 0 Å². The van der Waals surface area contributed by atoms with Gasteiger partial charge in [0.25, 0.3) is 11.8 Å². The Hall–Kier alpha value is -2.97. The van der Waals surface area contributed by atoms with E-state index in [1.165, 1.54) is 30.2 Å². The molecule has 27 heavy (non-hydrogen) atoms. The first-order chi connectivity index (χ1) is 12.9. The lowest BCUT2D eigenvalue weighted by Gasteiger charge is -2.30. The zero-order valence-corrected chi connectivity index (χ0v) is 14.9. The van der Waals surface area contributed by atoms with E-state index in [1.807, 2.05) is 0 Å². The molecule has 1 aromatic rings. The fourth-order valence-corrected chi connectivity index (χ4v) is 2.71. The number of methoxy groups -OCH3 is 1. The number of hydrogen-bond donors (Lipinski definition) is 1. The van der Waals surface area contributed by atoms with Crippen LogP contribution in [0.1, 0.15) is 23.2 Å². The Kier molecular flexibility index (Phi) is 7.27. The second kappa shape index (κ2) is 9.65. The summed E-state index contributed by atoms with van der Waals surface area (Å²) in [6, 6.07) is 5.37. The SMILES string of the molecule is COC(=O)C1CCN(C(=O)COC(=O)CNC(=O)c2ccccc2F)CC1. The molecule has 1 fully saturated rings. The van der Waals surface area contributed by atoms with E-state index in [0.29, 0.717) is 25.9 Å². The summed E-state index contributed by atoms with van der Waals surface area (Å²) in [5.74, 6) is -3.16. The van der Waals surface area contributed by atoms with Crippen LogP contribution in [-0.2, 0) is 23.9 Å². The van der Waals surface area contributed by atoms with Crippen LogP contribution in [0.3, 0.4) is 0 Å². The first kappa shape index (κ1) is 20.3. The Labute approximate surface area is 155 Å². The number of nitrogens with one attached hydrogen (secondary N) is 1. The summed E-state index contributed by atoms with van der Waals surface area (Å²) in [7, 11) is 1.32. The topological polar surface area (TPSA) is 102 Å². The van der Waals surface area contributed by atoms with Crippen molar-refractivity contribution in [2.24, 2.45) is 5.92 Å². The van der Waals surface area contributed by atoms with E-state index in [-0.39, 0.29) is 23.4 Å². The van der Waals surface area contributed by atoms with E-state index in [9.17, 15) is 23.6 Å². The first-order valence-corrected chi connectivity index (χ1v) is 8.46. The van der Waals surface area contributed by atoms with Gasteiger partial charge < -0.3 is 19.7 Å². The average molecular weight is 380 g/mol. The molecule has 1 aromatic carbocycles. The van der Waals surface area contributed by atoms with Gasteiger partial charge in [-0.1, -0.05) is 12.1 Å². The molecule has 0 saturated carbocycles. The number of benzene rings is 1. The summed E-state index contributed by atoms with van der Waals surface area (Å²) in [5, 5.41) is 2.24. The van der Waals surface area contributed by atoms with Crippen LogP contribution >= 0.6 is 0 Å². The highest BCUT2D eigenvalue weighted by Crippen LogP contribution is 2.18. The van der Waals surface area contributed by atoms with Gasteiger partial charge in [0.15, 0.2) is 6.61 Å². The number of halogens is 1. The minimum Gasteiger partial charge on any atom is -0.469 e. The summed E-state index contributed by atoms with van der Waals surface area (Å²) in [6.07, 6.45) is 0.982. The van der Waals surface area contributed by atoms with Gasteiger partial charge in [0.05, 0.1) is 18.6 Å². The standard InChI is InChI=1S/C18H21FN2O6/c1-26-18(25)12-6-8-21(9-7-12)15(22)11-27-16(23)10-20-17(24)13-4-2-3-5-14(13)19/h2-5,12H,6-11H2,1H3,(H,20,24). The maximum absolute atomic E-state index is 13.5.